The topological polar surface area (TPSA) is 26.3 Å². The van der Waals surface area contributed by atoms with Crippen LogP contribution in [0.4, 0.5) is 0 Å². The van der Waals surface area contributed by atoms with E-state index in [0.717, 1.165) is 24.2 Å². The van der Waals surface area contributed by atoms with Crippen molar-refractivity contribution in [1.29, 1.82) is 0 Å². The maximum atomic E-state index is 10.9. The third-order valence-electron chi connectivity index (χ3n) is 4.27. The van der Waals surface area contributed by atoms with Gasteiger partial charge in [-0.1, -0.05) is 12.2 Å². The molecule has 0 saturated heterocycles. The normalized spacial score (nSPS) is 48.2. The van der Waals surface area contributed by atoms with Crippen LogP contribution in [0.2, 0.25) is 0 Å². The van der Waals surface area contributed by atoms with E-state index in [0.29, 0.717) is 5.92 Å². The molecule has 3 aliphatic rings. The molecule has 0 N–H and O–H groups in total. The number of esters is 1. The Morgan fingerprint density at radius 3 is 3.00 bits per heavy atom. The molecule has 0 unspecified atom stereocenters. The summed E-state index contributed by atoms with van der Waals surface area (Å²) in [6.07, 6.45) is 8.56. The number of carbonyl (C=O) groups excluding carboxylic acids is 1. The van der Waals surface area contributed by atoms with Gasteiger partial charge in [-0.3, -0.25) is 4.79 Å². The molecule has 2 saturated carbocycles. The van der Waals surface area contributed by atoms with Crippen LogP contribution >= 0.6 is 0 Å². The standard InChI is InChI=1S/C12H16O2/c1-7(13)14-12-6-8-5-11(12)10-4-2-3-9(8)10/h2,4,8-12H,3,5-6H2,1H3/t8-,9+,10-,11+,12-/m1/s1. The summed E-state index contributed by atoms with van der Waals surface area (Å²) >= 11 is 0. The number of fused-ring (bicyclic) bond motifs is 5. The maximum absolute atomic E-state index is 10.9. The average molecular weight is 192 g/mol. The van der Waals surface area contributed by atoms with Gasteiger partial charge in [-0.15, -0.1) is 0 Å². The smallest absolute Gasteiger partial charge is 0.302 e. The monoisotopic (exact) mass is 192 g/mol. The third-order valence-corrected chi connectivity index (χ3v) is 4.27. The fourth-order valence-electron chi connectivity index (χ4n) is 3.83. The second kappa shape index (κ2) is 2.85. The number of hydrogen-bond donors (Lipinski definition) is 0. The van der Waals surface area contributed by atoms with Gasteiger partial charge in [-0.2, -0.15) is 0 Å². The minimum absolute atomic E-state index is 0.110. The molecule has 0 aromatic rings. The van der Waals surface area contributed by atoms with E-state index in [4.69, 9.17) is 4.74 Å². The first kappa shape index (κ1) is 8.51. The van der Waals surface area contributed by atoms with E-state index in [-0.39, 0.29) is 12.1 Å². The van der Waals surface area contributed by atoms with Crippen molar-refractivity contribution in [3.63, 3.8) is 0 Å². The summed E-state index contributed by atoms with van der Waals surface area (Å²) in [6, 6.07) is 0. The third kappa shape index (κ3) is 1.06. The lowest BCUT2D eigenvalue weighted by atomic mass is 9.80. The van der Waals surface area contributed by atoms with E-state index in [1.807, 2.05) is 0 Å². The molecule has 0 radical (unpaired) electrons. The molecule has 0 aromatic heterocycles. The first-order chi connectivity index (χ1) is 6.75. The Labute approximate surface area is 84.3 Å². The number of allylic oxidation sites excluding steroid dienone is 2. The second-order valence-electron chi connectivity index (χ2n) is 4.95. The molecule has 2 fully saturated rings. The summed E-state index contributed by atoms with van der Waals surface area (Å²) in [5.74, 6) is 2.95. The molecule has 0 aliphatic heterocycles. The van der Waals surface area contributed by atoms with Gasteiger partial charge in [0, 0.05) is 12.8 Å². The van der Waals surface area contributed by atoms with Crippen LogP contribution in [0.3, 0.4) is 0 Å². The molecule has 76 valence electrons. The Morgan fingerprint density at radius 2 is 2.21 bits per heavy atom. The Hall–Kier alpha value is -0.790. The summed E-state index contributed by atoms with van der Waals surface area (Å²) in [4.78, 5) is 10.9. The molecule has 2 bridgehead atoms. The molecule has 0 amide bonds. The highest BCUT2D eigenvalue weighted by Gasteiger charge is 2.53. The van der Waals surface area contributed by atoms with E-state index in [2.05, 4.69) is 12.2 Å². The lowest BCUT2D eigenvalue weighted by Crippen LogP contribution is -2.31. The van der Waals surface area contributed by atoms with E-state index < -0.39 is 0 Å². The molecule has 0 aromatic carbocycles. The molecule has 2 heteroatoms. The molecular formula is C12H16O2. The van der Waals surface area contributed by atoms with Crippen molar-refractivity contribution in [2.45, 2.75) is 32.3 Å². The van der Waals surface area contributed by atoms with Crippen LogP contribution < -0.4 is 0 Å². The Bertz CT molecular complexity index is 295. The zero-order chi connectivity index (χ0) is 9.71. The number of rotatable bonds is 1. The van der Waals surface area contributed by atoms with Crippen molar-refractivity contribution >= 4 is 5.97 Å². The second-order valence-corrected chi connectivity index (χ2v) is 4.95. The van der Waals surface area contributed by atoms with Gasteiger partial charge >= 0.3 is 5.97 Å². The summed E-state index contributed by atoms with van der Waals surface area (Å²) in [5, 5.41) is 0. The molecule has 5 atom stereocenters. The van der Waals surface area contributed by atoms with Crippen molar-refractivity contribution in [1.82, 2.24) is 0 Å². The van der Waals surface area contributed by atoms with Gasteiger partial charge in [0.05, 0.1) is 0 Å². The summed E-state index contributed by atoms with van der Waals surface area (Å²) in [5.41, 5.74) is 0. The number of carbonyl (C=O) groups is 1. The fraction of sp³-hybridized carbons (Fsp3) is 0.750. The van der Waals surface area contributed by atoms with Crippen LogP contribution in [0.5, 0.6) is 0 Å². The lowest BCUT2D eigenvalue weighted by Gasteiger charge is -2.30. The van der Waals surface area contributed by atoms with Gasteiger partial charge in [0.25, 0.3) is 0 Å². The first-order valence-corrected chi connectivity index (χ1v) is 5.59. The molecule has 2 nitrogen and oxygen atoms in total. The van der Waals surface area contributed by atoms with Crippen molar-refractivity contribution in [2.75, 3.05) is 0 Å². The highest BCUT2D eigenvalue weighted by Crippen LogP contribution is 2.57. The number of hydrogen-bond acceptors (Lipinski definition) is 2. The minimum Gasteiger partial charge on any atom is -0.462 e. The van der Waals surface area contributed by atoms with E-state index >= 15 is 0 Å². The van der Waals surface area contributed by atoms with Crippen LogP contribution in [-0.4, -0.2) is 12.1 Å². The van der Waals surface area contributed by atoms with Gasteiger partial charge in [0.15, 0.2) is 0 Å². The van der Waals surface area contributed by atoms with Gasteiger partial charge in [0.1, 0.15) is 6.10 Å². The Kier molecular flexibility index (Phi) is 1.73. The number of ether oxygens (including phenoxy) is 1. The predicted octanol–water partition coefficient (Wildman–Crippen LogP) is 2.15. The molecule has 3 rings (SSSR count). The molecule has 14 heavy (non-hydrogen) atoms. The van der Waals surface area contributed by atoms with Crippen LogP contribution in [0.25, 0.3) is 0 Å². The van der Waals surface area contributed by atoms with Gasteiger partial charge in [0.2, 0.25) is 0 Å². The Morgan fingerprint density at radius 1 is 1.36 bits per heavy atom. The zero-order valence-corrected chi connectivity index (χ0v) is 8.48. The van der Waals surface area contributed by atoms with Gasteiger partial charge in [-0.05, 0) is 37.0 Å². The highest BCUT2D eigenvalue weighted by atomic mass is 16.5. The van der Waals surface area contributed by atoms with Crippen molar-refractivity contribution < 1.29 is 9.53 Å². The van der Waals surface area contributed by atoms with Crippen molar-refractivity contribution in [2.24, 2.45) is 23.7 Å². The summed E-state index contributed by atoms with van der Waals surface area (Å²) < 4.78 is 5.38. The van der Waals surface area contributed by atoms with E-state index in [9.17, 15) is 4.79 Å². The van der Waals surface area contributed by atoms with Crippen LogP contribution in [0.1, 0.15) is 26.2 Å². The summed E-state index contributed by atoms with van der Waals surface area (Å²) in [6.45, 7) is 1.52. The van der Waals surface area contributed by atoms with Crippen molar-refractivity contribution in [3.05, 3.63) is 12.2 Å². The quantitative estimate of drug-likeness (QED) is 0.470. The van der Waals surface area contributed by atoms with Gasteiger partial charge in [-0.25, -0.2) is 0 Å². The van der Waals surface area contributed by atoms with E-state index in [1.54, 1.807) is 0 Å². The molecule has 0 heterocycles. The molecular weight excluding hydrogens is 176 g/mol. The molecule has 0 spiro atoms. The predicted molar refractivity (Wildman–Crippen MR) is 52.5 cm³/mol. The zero-order valence-electron chi connectivity index (χ0n) is 8.48. The average Bonchev–Trinajstić information content (AvgIpc) is 2.68. The van der Waals surface area contributed by atoms with E-state index in [1.165, 1.54) is 19.8 Å². The summed E-state index contributed by atoms with van der Waals surface area (Å²) in [7, 11) is 0. The maximum Gasteiger partial charge on any atom is 0.302 e. The largest absolute Gasteiger partial charge is 0.462 e. The SMILES string of the molecule is CC(=O)O[C@@H]1C[C@H]2C[C@H]1[C@@H]1C=CC[C@@H]21. The highest BCUT2D eigenvalue weighted by molar-refractivity contribution is 5.66. The first-order valence-electron chi connectivity index (χ1n) is 5.59. The minimum atomic E-state index is -0.110. The van der Waals surface area contributed by atoms with Crippen molar-refractivity contribution in [3.8, 4) is 0 Å². The fourth-order valence-corrected chi connectivity index (χ4v) is 3.83. The Balaban J connectivity index is 1.76. The van der Waals surface area contributed by atoms with Crippen LogP contribution in [0, 0.1) is 23.7 Å². The molecule has 3 aliphatic carbocycles. The van der Waals surface area contributed by atoms with Crippen LogP contribution in [-0.2, 0) is 9.53 Å². The lowest BCUT2D eigenvalue weighted by molar-refractivity contribution is -0.149. The van der Waals surface area contributed by atoms with Crippen LogP contribution in [0.15, 0.2) is 12.2 Å². The van der Waals surface area contributed by atoms with Gasteiger partial charge < -0.3 is 4.74 Å².